The van der Waals surface area contributed by atoms with Crippen LogP contribution in [0.4, 0.5) is 16.2 Å². The van der Waals surface area contributed by atoms with E-state index in [1.165, 1.54) is 30.2 Å². The van der Waals surface area contributed by atoms with E-state index in [0.717, 1.165) is 5.57 Å². The molecule has 0 fully saturated rings. The number of ether oxygens (including phenoxy) is 3. The molecule has 304 valence electrons. The van der Waals surface area contributed by atoms with Gasteiger partial charge in [0.15, 0.2) is 26.0 Å². The topological polar surface area (TPSA) is 185 Å². The van der Waals surface area contributed by atoms with Crippen LogP contribution in [0, 0.1) is 5.92 Å². The summed E-state index contributed by atoms with van der Waals surface area (Å²) in [6, 6.07) is 7.22. The maximum absolute atomic E-state index is 14.3. The second kappa shape index (κ2) is 17.7. The molecule has 2 unspecified atom stereocenters. The zero-order valence-corrected chi connectivity index (χ0v) is 34.8. The van der Waals surface area contributed by atoms with Crippen LogP contribution in [-0.2, 0) is 34.9 Å². The largest absolute Gasteiger partial charge is 0.504 e. The summed E-state index contributed by atoms with van der Waals surface area (Å²) < 4.78 is 23.0. The van der Waals surface area contributed by atoms with Crippen molar-refractivity contribution in [2.45, 2.75) is 104 Å². The normalized spacial score (nSPS) is 17.8. The minimum Gasteiger partial charge on any atom is -0.504 e. The third kappa shape index (κ3) is 9.78. The third-order valence-electron chi connectivity index (χ3n) is 10.2. The maximum Gasteiger partial charge on any atom is 0.416 e. The fraction of sp³-hybridized carbons (Fsp3) is 0.475. The predicted molar refractivity (Wildman–Crippen MR) is 213 cm³/mol. The van der Waals surface area contributed by atoms with Gasteiger partial charge in [-0.3, -0.25) is 14.4 Å². The average Bonchev–Trinajstić information content (AvgIpc) is 3.50. The van der Waals surface area contributed by atoms with Crippen LogP contribution >= 0.6 is 0 Å². The number of phenols is 1. The highest BCUT2D eigenvalue weighted by atomic mass is 28.4. The van der Waals surface area contributed by atoms with E-state index in [2.05, 4.69) is 56.6 Å². The summed E-state index contributed by atoms with van der Waals surface area (Å²) in [6.07, 6.45) is 1.88. The lowest BCUT2D eigenvalue weighted by atomic mass is 9.99. The number of nitrogens with one attached hydrogen (secondary N) is 3. The standard InChI is InChI=1S/C40H55N5O10Si/c1-12-17-53-38(50)34(47)33(23(2)3)41-35(48)25(5)42-43-27-15-13-26(14-16-27)22-54-39(51)45-29-20-31(46)32(52-9)19-28(29)36(49)44-21-24(4)18-30(44)37(45)55-56(10,11)40(6,7)8/h12-16,19-21,23,25,30,33,37,42-43,46H,1,17-18,22H2,2-11H3,(H,41,48)/t25?,30-,33?,37-/m0/s1. The molecule has 2 aromatic carbocycles. The molecule has 2 aliphatic heterocycles. The highest BCUT2D eigenvalue weighted by Gasteiger charge is 2.50. The molecule has 0 spiro atoms. The molecule has 16 heteroatoms. The first-order valence-electron chi connectivity index (χ1n) is 18.5. The van der Waals surface area contributed by atoms with E-state index in [1.807, 2.05) is 6.92 Å². The summed E-state index contributed by atoms with van der Waals surface area (Å²) in [6.45, 7) is 20.5. The number of hydrazine groups is 1. The number of anilines is 2. The van der Waals surface area contributed by atoms with Crippen LogP contribution in [0.1, 0.15) is 70.8 Å². The number of aromatic hydroxyl groups is 1. The number of amides is 3. The fourth-order valence-corrected chi connectivity index (χ4v) is 7.14. The molecular formula is C40H55N5O10Si. The average molecular weight is 794 g/mol. The van der Waals surface area contributed by atoms with Crippen LogP contribution in [0.3, 0.4) is 0 Å². The predicted octanol–water partition coefficient (Wildman–Crippen LogP) is 5.77. The number of carbonyl (C=O) groups excluding carboxylic acids is 5. The summed E-state index contributed by atoms with van der Waals surface area (Å²) in [5, 5.41) is 13.2. The van der Waals surface area contributed by atoms with E-state index in [0.29, 0.717) is 17.7 Å². The molecule has 0 bridgehead atoms. The van der Waals surface area contributed by atoms with Crippen molar-refractivity contribution in [1.29, 1.82) is 0 Å². The van der Waals surface area contributed by atoms with Gasteiger partial charge in [-0.2, -0.15) is 0 Å². The lowest BCUT2D eigenvalue weighted by Crippen LogP contribution is -2.57. The van der Waals surface area contributed by atoms with Gasteiger partial charge in [0.2, 0.25) is 5.91 Å². The van der Waals surface area contributed by atoms with Gasteiger partial charge >= 0.3 is 12.1 Å². The number of fused-ring (bicyclic) bond motifs is 2. The summed E-state index contributed by atoms with van der Waals surface area (Å²) in [7, 11) is -1.19. The Morgan fingerprint density at radius 2 is 1.73 bits per heavy atom. The lowest BCUT2D eigenvalue weighted by Gasteiger charge is -2.44. The Kier molecular flexibility index (Phi) is 13.8. The van der Waals surface area contributed by atoms with E-state index in [4.69, 9.17) is 18.6 Å². The van der Waals surface area contributed by atoms with Gasteiger partial charge in [-0.15, -0.1) is 0 Å². The molecule has 0 aliphatic carbocycles. The van der Waals surface area contributed by atoms with Crippen LogP contribution < -0.4 is 25.8 Å². The number of hydrogen-bond acceptors (Lipinski definition) is 12. The molecule has 0 saturated heterocycles. The van der Waals surface area contributed by atoms with Gasteiger partial charge in [0.1, 0.15) is 25.3 Å². The Bertz CT molecular complexity index is 1860. The molecule has 0 radical (unpaired) electrons. The van der Waals surface area contributed by atoms with Gasteiger partial charge in [-0.05, 0) is 68.1 Å². The summed E-state index contributed by atoms with van der Waals surface area (Å²) in [4.78, 5) is 68.9. The SMILES string of the molecule is C=CCOC(=O)C(=O)C(NC(=O)C(C)NNc1ccc(COC(=O)N2c3cc(O)c(OC)cc3C(=O)N3C=C(C)C[C@H]3[C@@H]2O[Si](C)(C)C(C)(C)C)cc1)C(C)C. The van der Waals surface area contributed by atoms with E-state index in [-0.39, 0.29) is 52.8 Å². The number of rotatable bonds is 15. The molecule has 3 amide bonds. The summed E-state index contributed by atoms with van der Waals surface area (Å²) in [5.74, 6) is -3.32. The van der Waals surface area contributed by atoms with E-state index in [9.17, 15) is 29.1 Å². The van der Waals surface area contributed by atoms with Crippen LogP contribution in [0.15, 0.2) is 60.8 Å². The van der Waals surface area contributed by atoms with E-state index < -0.39 is 56.4 Å². The number of ketones is 1. The third-order valence-corrected chi connectivity index (χ3v) is 14.6. The number of phenolic OH excluding ortho intramolecular Hbond substituents is 1. The molecule has 4 N–H and O–H groups in total. The number of Topliss-reactive ketones (excluding diaryl/α,β-unsaturated/α-hetero) is 1. The number of nitrogens with zero attached hydrogens (tertiary/aromatic N) is 2. The molecule has 0 aromatic heterocycles. The first kappa shape index (κ1) is 43.5. The van der Waals surface area contributed by atoms with Crippen molar-refractivity contribution in [2.75, 3.05) is 24.0 Å². The second-order valence-corrected chi connectivity index (χ2v) is 20.6. The van der Waals surface area contributed by atoms with Crippen molar-refractivity contribution in [3.8, 4) is 11.5 Å². The zero-order chi connectivity index (χ0) is 41.7. The maximum atomic E-state index is 14.3. The highest BCUT2D eigenvalue weighted by molar-refractivity contribution is 6.74. The minimum absolute atomic E-state index is 0.0835. The molecule has 4 rings (SSSR count). The highest BCUT2D eigenvalue weighted by Crippen LogP contribution is 2.45. The van der Waals surface area contributed by atoms with Crippen LogP contribution in [0.25, 0.3) is 0 Å². The molecule has 2 aromatic rings. The number of methoxy groups -OCH3 is 1. The van der Waals surface area contributed by atoms with Gasteiger partial charge in [-0.1, -0.05) is 65.0 Å². The molecule has 4 atom stereocenters. The molecular weight excluding hydrogens is 739 g/mol. The molecule has 56 heavy (non-hydrogen) atoms. The first-order valence-corrected chi connectivity index (χ1v) is 21.4. The monoisotopic (exact) mass is 793 g/mol. The Hall–Kier alpha value is -5.19. The van der Waals surface area contributed by atoms with Gasteiger partial charge in [0.05, 0.1) is 24.4 Å². The summed E-state index contributed by atoms with van der Waals surface area (Å²) in [5.41, 5.74) is 8.29. The van der Waals surface area contributed by atoms with Crippen molar-refractivity contribution in [3.63, 3.8) is 0 Å². The molecule has 2 heterocycles. The molecule has 0 saturated carbocycles. The Morgan fingerprint density at radius 3 is 2.32 bits per heavy atom. The van der Waals surface area contributed by atoms with Crippen LogP contribution in [-0.4, -0.2) is 86.1 Å². The van der Waals surface area contributed by atoms with Crippen molar-refractivity contribution in [3.05, 3.63) is 72.0 Å². The Morgan fingerprint density at radius 1 is 1.07 bits per heavy atom. The number of carbonyl (C=O) groups is 5. The smallest absolute Gasteiger partial charge is 0.416 e. The quantitative estimate of drug-likeness (QED) is 0.0562. The Balaban J connectivity index is 1.50. The molecule has 2 aliphatic rings. The van der Waals surface area contributed by atoms with Crippen molar-refractivity contribution >= 4 is 49.4 Å². The van der Waals surface area contributed by atoms with Crippen LogP contribution in [0.2, 0.25) is 18.1 Å². The second-order valence-electron chi connectivity index (χ2n) is 15.9. The van der Waals surface area contributed by atoms with Crippen molar-refractivity contribution in [1.82, 2.24) is 15.6 Å². The number of hydrogen-bond donors (Lipinski definition) is 4. The molecule has 15 nitrogen and oxygen atoms in total. The fourth-order valence-electron chi connectivity index (χ4n) is 5.92. The first-order chi connectivity index (χ1) is 26.2. The summed E-state index contributed by atoms with van der Waals surface area (Å²) >= 11 is 0. The van der Waals surface area contributed by atoms with Crippen molar-refractivity contribution in [2.24, 2.45) is 5.92 Å². The zero-order valence-electron chi connectivity index (χ0n) is 33.8. The van der Waals surface area contributed by atoms with E-state index >= 15 is 0 Å². The number of esters is 1. The van der Waals surface area contributed by atoms with Gasteiger partial charge in [0.25, 0.3) is 11.7 Å². The van der Waals surface area contributed by atoms with Gasteiger partial charge in [0, 0.05) is 18.0 Å². The van der Waals surface area contributed by atoms with Gasteiger partial charge < -0.3 is 39.4 Å². The van der Waals surface area contributed by atoms with Crippen LogP contribution in [0.5, 0.6) is 11.5 Å². The lowest BCUT2D eigenvalue weighted by molar-refractivity contribution is -0.154. The van der Waals surface area contributed by atoms with E-state index in [1.54, 1.807) is 56.1 Å². The minimum atomic E-state index is -2.58. The van der Waals surface area contributed by atoms with Crippen molar-refractivity contribution < 1.29 is 47.7 Å². The Labute approximate surface area is 329 Å². The number of benzene rings is 2. The van der Waals surface area contributed by atoms with Gasteiger partial charge in [-0.25, -0.2) is 19.9 Å².